The molecular weight excluding hydrogens is 290 g/mol. The van der Waals surface area contributed by atoms with E-state index in [9.17, 15) is 4.79 Å². The van der Waals surface area contributed by atoms with E-state index in [-0.39, 0.29) is 0 Å². The number of benzene rings is 2. The molecule has 4 nitrogen and oxygen atoms in total. The molecule has 0 heterocycles. The molecule has 0 aliphatic carbocycles. The van der Waals surface area contributed by atoms with Crippen LogP contribution < -0.4 is 10.1 Å². The molecule has 0 saturated carbocycles. The summed E-state index contributed by atoms with van der Waals surface area (Å²) in [4.78, 5) is 11.4. The Balaban J connectivity index is 2.15. The zero-order chi connectivity index (χ0) is 16.8. The zero-order valence-corrected chi connectivity index (χ0v) is 14.1. The van der Waals surface area contributed by atoms with E-state index in [4.69, 9.17) is 4.74 Å². The van der Waals surface area contributed by atoms with Crippen molar-refractivity contribution in [1.29, 1.82) is 0 Å². The van der Waals surface area contributed by atoms with Gasteiger partial charge in [0.2, 0.25) is 0 Å². The van der Waals surface area contributed by atoms with Gasteiger partial charge in [-0.1, -0.05) is 31.2 Å². The van der Waals surface area contributed by atoms with E-state index in [0.717, 1.165) is 23.3 Å². The number of amides is 1. The first-order valence-electron chi connectivity index (χ1n) is 7.71. The van der Waals surface area contributed by atoms with Crippen LogP contribution in [-0.4, -0.2) is 13.2 Å². The minimum Gasteiger partial charge on any atom is -0.489 e. The van der Waals surface area contributed by atoms with Gasteiger partial charge in [-0.2, -0.15) is 0 Å². The Hall–Kier alpha value is -2.49. The Morgan fingerprint density at radius 3 is 2.52 bits per heavy atom. The normalized spacial score (nSPS) is 10.3. The quantitative estimate of drug-likeness (QED) is 0.876. The molecule has 2 rings (SSSR count). The lowest BCUT2D eigenvalue weighted by molar-refractivity contribution is 0.187. The third-order valence-corrected chi connectivity index (χ3v) is 3.84. The summed E-state index contributed by atoms with van der Waals surface area (Å²) < 4.78 is 10.6. The van der Waals surface area contributed by atoms with Crippen LogP contribution in [0, 0.1) is 13.8 Å². The van der Waals surface area contributed by atoms with Crippen molar-refractivity contribution in [3.8, 4) is 5.75 Å². The van der Waals surface area contributed by atoms with Crippen LogP contribution >= 0.6 is 0 Å². The average molecular weight is 313 g/mol. The predicted molar refractivity (Wildman–Crippen MR) is 92.1 cm³/mol. The van der Waals surface area contributed by atoms with Gasteiger partial charge >= 0.3 is 6.09 Å². The lowest BCUT2D eigenvalue weighted by atomic mass is 10.0. The van der Waals surface area contributed by atoms with Gasteiger partial charge in [-0.3, -0.25) is 5.32 Å². The van der Waals surface area contributed by atoms with E-state index in [2.05, 4.69) is 36.0 Å². The molecule has 2 aromatic rings. The lowest BCUT2D eigenvalue weighted by Crippen LogP contribution is -2.13. The number of methoxy groups -OCH3 is 1. The second kappa shape index (κ2) is 7.68. The smallest absolute Gasteiger partial charge is 0.411 e. The van der Waals surface area contributed by atoms with Crippen LogP contribution in [0.4, 0.5) is 10.5 Å². The largest absolute Gasteiger partial charge is 0.489 e. The SMILES string of the molecule is CCc1cc(C)c(OCc2ccccc2NC(=O)OC)cc1C. The molecular formula is C19H23NO3. The molecule has 1 amide bonds. The molecule has 0 spiro atoms. The molecule has 2 aromatic carbocycles. The number of ether oxygens (including phenoxy) is 2. The summed E-state index contributed by atoms with van der Waals surface area (Å²) in [5, 5.41) is 2.70. The standard InChI is InChI=1S/C19H23NO3/c1-5-15-10-14(3)18(11-13(15)2)23-12-16-8-6-7-9-17(16)20-19(21)22-4/h6-11H,5,12H2,1-4H3,(H,20,21). The monoisotopic (exact) mass is 313 g/mol. The Labute approximate surface area is 137 Å². The number of hydrogen-bond acceptors (Lipinski definition) is 3. The topological polar surface area (TPSA) is 47.6 Å². The lowest BCUT2D eigenvalue weighted by Gasteiger charge is -2.15. The molecule has 4 heteroatoms. The molecule has 0 bridgehead atoms. The van der Waals surface area contributed by atoms with Crippen molar-refractivity contribution in [2.24, 2.45) is 0 Å². The number of rotatable bonds is 5. The van der Waals surface area contributed by atoms with Crippen molar-refractivity contribution in [3.05, 3.63) is 58.7 Å². The van der Waals surface area contributed by atoms with Gasteiger partial charge in [-0.05, 0) is 49.1 Å². The van der Waals surface area contributed by atoms with Crippen molar-refractivity contribution in [3.63, 3.8) is 0 Å². The molecule has 0 aliphatic rings. The van der Waals surface area contributed by atoms with Gasteiger partial charge in [0.1, 0.15) is 12.4 Å². The van der Waals surface area contributed by atoms with Crippen molar-refractivity contribution in [2.75, 3.05) is 12.4 Å². The Morgan fingerprint density at radius 2 is 1.83 bits per heavy atom. The number of nitrogens with one attached hydrogen (secondary N) is 1. The second-order valence-corrected chi connectivity index (χ2v) is 5.46. The Kier molecular flexibility index (Phi) is 5.63. The van der Waals surface area contributed by atoms with Crippen LogP contribution in [0.5, 0.6) is 5.75 Å². The molecule has 0 unspecified atom stereocenters. The number of anilines is 1. The highest BCUT2D eigenvalue weighted by Gasteiger charge is 2.09. The van der Waals surface area contributed by atoms with Crippen molar-refractivity contribution < 1.29 is 14.3 Å². The molecule has 0 atom stereocenters. The number of carbonyl (C=O) groups is 1. The van der Waals surface area contributed by atoms with E-state index in [1.165, 1.54) is 18.2 Å². The highest BCUT2D eigenvalue weighted by atomic mass is 16.5. The number of carbonyl (C=O) groups excluding carboxylic acids is 1. The molecule has 0 aliphatic heterocycles. The van der Waals surface area contributed by atoms with Crippen molar-refractivity contribution in [2.45, 2.75) is 33.8 Å². The van der Waals surface area contributed by atoms with Gasteiger partial charge in [-0.25, -0.2) is 4.79 Å². The molecule has 0 fully saturated rings. The summed E-state index contributed by atoms with van der Waals surface area (Å²) in [6, 6.07) is 11.8. The fourth-order valence-corrected chi connectivity index (χ4v) is 2.47. The zero-order valence-electron chi connectivity index (χ0n) is 14.1. The van der Waals surface area contributed by atoms with Gasteiger partial charge < -0.3 is 9.47 Å². The maximum atomic E-state index is 11.4. The van der Waals surface area contributed by atoms with Crippen LogP contribution in [0.3, 0.4) is 0 Å². The van der Waals surface area contributed by atoms with E-state index in [1.54, 1.807) is 0 Å². The van der Waals surface area contributed by atoms with Crippen LogP contribution in [-0.2, 0) is 17.8 Å². The summed E-state index contributed by atoms with van der Waals surface area (Å²) in [6.07, 6.45) is 0.524. The summed E-state index contributed by atoms with van der Waals surface area (Å²) in [5.41, 5.74) is 5.27. The van der Waals surface area contributed by atoms with Crippen LogP contribution in [0.25, 0.3) is 0 Å². The first-order chi connectivity index (χ1) is 11.0. The molecule has 0 radical (unpaired) electrons. The average Bonchev–Trinajstić information content (AvgIpc) is 2.56. The van der Waals surface area contributed by atoms with E-state index >= 15 is 0 Å². The van der Waals surface area contributed by atoms with Gasteiger partial charge in [0.25, 0.3) is 0 Å². The van der Waals surface area contributed by atoms with Gasteiger partial charge in [-0.15, -0.1) is 0 Å². The Morgan fingerprint density at radius 1 is 1.09 bits per heavy atom. The minimum absolute atomic E-state index is 0.381. The molecule has 0 saturated heterocycles. The number of aryl methyl sites for hydroxylation is 3. The van der Waals surface area contributed by atoms with E-state index in [1.807, 2.05) is 31.2 Å². The summed E-state index contributed by atoms with van der Waals surface area (Å²) in [7, 11) is 1.34. The fraction of sp³-hybridized carbons (Fsp3) is 0.316. The van der Waals surface area contributed by atoms with Crippen LogP contribution in [0.2, 0.25) is 0 Å². The van der Waals surface area contributed by atoms with Crippen molar-refractivity contribution >= 4 is 11.8 Å². The number of para-hydroxylation sites is 1. The van der Waals surface area contributed by atoms with Crippen LogP contribution in [0.15, 0.2) is 36.4 Å². The molecule has 0 aromatic heterocycles. The summed E-state index contributed by atoms with van der Waals surface area (Å²) in [5.74, 6) is 0.868. The third kappa shape index (κ3) is 4.25. The Bertz CT molecular complexity index is 695. The minimum atomic E-state index is -0.489. The maximum Gasteiger partial charge on any atom is 0.411 e. The first kappa shape index (κ1) is 16.9. The maximum absolute atomic E-state index is 11.4. The molecule has 122 valence electrons. The summed E-state index contributed by atoms with van der Waals surface area (Å²) >= 11 is 0. The van der Waals surface area contributed by atoms with Gasteiger partial charge in [0, 0.05) is 5.56 Å². The van der Waals surface area contributed by atoms with E-state index in [0.29, 0.717) is 12.3 Å². The van der Waals surface area contributed by atoms with Gasteiger partial charge in [0.15, 0.2) is 0 Å². The summed E-state index contributed by atoms with van der Waals surface area (Å²) in [6.45, 7) is 6.67. The first-order valence-corrected chi connectivity index (χ1v) is 7.71. The highest BCUT2D eigenvalue weighted by Crippen LogP contribution is 2.25. The van der Waals surface area contributed by atoms with Gasteiger partial charge in [0.05, 0.1) is 12.8 Å². The fourth-order valence-electron chi connectivity index (χ4n) is 2.47. The second-order valence-electron chi connectivity index (χ2n) is 5.46. The third-order valence-electron chi connectivity index (χ3n) is 3.84. The molecule has 23 heavy (non-hydrogen) atoms. The van der Waals surface area contributed by atoms with Crippen LogP contribution in [0.1, 0.15) is 29.2 Å². The van der Waals surface area contributed by atoms with Crippen molar-refractivity contribution in [1.82, 2.24) is 0 Å². The highest BCUT2D eigenvalue weighted by molar-refractivity contribution is 5.85. The molecule has 1 N–H and O–H groups in total. The van der Waals surface area contributed by atoms with E-state index < -0.39 is 6.09 Å². The predicted octanol–water partition coefficient (Wildman–Crippen LogP) is 4.62. The number of hydrogen-bond donors (Lipinski definition) is 1.